The smallest absolute Gasteiger partial charge is 0.123 e. The number of imidazole rings is 1. The van der Waals surface area contributed by atoms with E-state index in [4.69, 9.17) is 0 Å². The van der Waals surface area contributed by atoms with Gasteiger partial charge in [-0.2, -0.15) is 0 Å². The number of aromatic nitrogens is 2. The number of rotatable bonds is 4. The molecule has 0 aliphatic carbocycles. The van der Waals surface area contributed by atoms with Crippen molar-refractivity contribution in [2.45, 2.75) is 26.4 Å². The maximum atomic E-state index is 12.8. The van der Waals surface area contributed by atoms with Crippen molar-refractivity contribution in [1.29, 1.82) is 0 Å². The van der Waals surface area contributed by atoms with Crippen LogP contribution >= 0.6 is 0 Å². The summed E-state index contributed by atoms with van der Waals surface area (Å²) in [5.74, 6) is 0.710. The highest BCUT2D eigenvalue weighted by molar-refractivity contribution is 5.19. The molecule has 17 heavy (non-hydrogen) atoms. The Bertz CT molecular complexity index is 476. The van der Waals surface area contributed by atoms with E-state index in [9.17, 15) is 4.39 Å². The van der Waals surface area contributed by atoms with Gasteiger partial charge < -0.3 is 10.3 Å². The molecule has 3 nitrogen and oxygen atoms in total. The molecule has 0 radical (unpaired) electrons. The number of nitrogens with zero attached hydrogens (tertiary/aromatic N) is 1. The first-order valence-electron chi connectivity index (χ1n) is 5.64. The highest BCUT2D eigenvalue weighted by Crippen LogP contribution is 2.13. The zero-order valence-electron chi connectivity index (χ0n) is 10.00. The molecule has 0 aliphatic rings. The fourth-order valence-corrected chi connectivity index (χ4v) is 1.69. The lowest BCUT2D eigenvalue weighted by atomic mass is 10.1. The number of aryl methyl sites for hydroxylation is 1. The van der Waals surface area contributed by atoms with Crippen LogP contribution in [0.15, 0.2) is 30.5 Å². The predicted molar refractivity (Wildman–Crippen MR) is 65.0 cm³/mol. The third-order valence-electron chi connectivity index (χ3n) is 2.72. The molecular weight excluding hydrogens is 217 g/mol. The van der Waals surface area contributed by atoms with Crippen LogP contribution in [0.25, 0.3) is 0 Å². The van der Waals surface area contributed by atoms with Gasteiger partial charge in [-0.3, -0.25) is 0 Å². The number of nitrogens with one attached hydrogen (secondary N) is 2. The van der Waals surface area contributed by atoms with E-state index in [1.54, 1.807) is 12.1 Å². The van der Waals surface area contributed by atoms with Gasteiger partial charge in [-0.25, -0.2) is 9.37 Å². The van der Waals surface area contributed by atoms with Gasteiger partial charge in [0.15, 0.2) is 0 Å². The van der Waals surface area contributed by atoms with E-state index < -0.39 is 0 Å². The number of hydrogen-bond donors (Lipinski definition) is 2. The lowest BCUT2D eigenvalue weighted by Crippen LogP contribution is -2.18. The van der Waals surface area contributed by atoms with Gasteiger partial charge in [0.2, 0.25) is 0 Å². The highest BCUT2D eigenvalue weighted by atomic mass is 19.1. The summed E-state index contributed by atoms with van der Waals surface area (Å²) >= 11 is 0. The van der Waals surface area contributed by atoms with Gasteiger partial charge in [0.25, 0.3) is 0 Å². The van der Waals surface area contributed by atoms with Crippen LogP contribution in [0.1, 0.15) is 30.0 Å². The number of H-pyrrole nitrogens is 1. The minimum absolute atomic E-state index is 0.180. The zero-order chi connectivity index (χ0) is 12.3. The summed E-state index contributed by atoms with van der Waals surface area (Å²) in [5, 5.41) is 3.35. The van der Waals surface area contributed by atoms with Gasteiger partial charge in [-0.05, 0) is 31.5 Å². The van der Waals surface area contributed by atoms with Crippen molar-refractivity contribution < 1.29 is 4.39 Å². The summed E-state index contributed by atoms with van der Waals surface area (Å²) in [5.41, 5.74) is 2.12. The second-order valence-corrected chi connectivity index (χ2v) is 4.15. The van der Waals surface area contributed by atoms with Crippen LogP contribution in [0, 0.1) is 12.7 Å². The van der Waals surface area contributed by atoms with Crippen molar-refractivity contribution >= 4 is 0 Å². The minimum Gasteiger partial charge on any atom is -0.345 e. The fraction of sp³-hybridized carbons (Fsp3) is 0.308. The first-order chi connectivity index (χ1) is 8.15. The Kier molecular flexibility index (Phi) is 3.54. The second-order valence-electron chi connectivity index (χ2n) is 4.15. The van der Waals surface area contributed by atoms with E-state index in [0.29, 0.717) is 0 Å². The SMILES string of the molecule is Cc1ncc(CN[C@@H](C)c2ccc(F)cc2)[nH]1. The lowest BCUT2D eigenvalue weighted by Gasteiger charge is -2.13. The third kappa shape index (κ3) is 3.14. The van der Waals surface area contributed by atoms with Gasteiger partial charge in [0.1, 0.15) is 11.6 Å². The van der Waals surface area contributed by atoms with Crippen LogP contribution in [-0.2, 0) is 6.54 Å². The van der Waals surface area contributed by atoms with E-state index in [1.807, 2.05) is 13.1 Å². The van der Waals surface area contributed by atoms with Gasteiger partial charge in [-0.15, -0.1) is 0 Å². The maximum absolute atomic E-state index is 12.8. The van der Waals surface area contributed by atoms with Crippen LogP contribution in [-0.4, -0.2) is 9.97 Å². The Morgan fingerprint density at radius 3 is 2.65 bits per heavy atom. The normalized spacial score (nSPS) is 12.6. The van der Waals surface area contributed by atoms with E-state index in [2.05, 4.69) is 22.2 Å². The molecule has 0 saturated carbocycles. The summed E-state index contributed by atoms with van der Waals surface area (Å²) in [6.07, 6.45) is 1.82. The quantitative estimate of drug-likeness (QED) is 0.852. The molecule has 4 heteroatoms. The van der Waals surface area contributed by atoms with Crippen molar-refractivity contribution in [2.24, 2.45) is 0 Å². The number of benzene rings is 1. The van der Waals surface area contributed by atoms with E-state index >= 15 is 0 Å². The largest absolute Gasteiger partial charge is 0.345 e. The minimum atomic E-state index is -0.204. The molecule has 1 heterocycles. The molecule has 1 aromatic carbocycles. The maximum Gasteiger partial charge on any atom is 0.123 e. The Morgan fingerprint density at radius 2 is 2.06 bits per heavy atom. The molecule has 0 saturated heterocycles. The molecule has 0 bridgehead atoms. The van der Waals surface area contributed by atoms with Gasteiger partial charge in [-0.1, -0.05) is 12.1 Å². The van der Waals surface area contributed by atoms with E-state index in [-0.39, 0.29) is 11.9 Å². The third-order valence-corrected chi connectivity index (χ3v) is 2.72. The van der Waals surface area contributed by atoms with Crippen LogP contribution in [0.5, 0.6) is 0 Å². The van der Waals surface area contributed by atoms with E-state index in [1.165, 1.54) is 12.1 Å². The molecule has 0 fully saturated rings. The monoisotopic (exact) mass is 233 g/mol. The molecule has 0 aliphatic heterocycles. The molecule has 2 N–H and O–H groups in total. The fourth-order valence-electron chi connectivity index (χ4n) is 1.69. The molecular formula is C13H16FN3. The Hall–Kier alpha value is -1.68. The summed E-state index contributed by atoms with van der Waals surface area (Å²) in [6.45, 7) is 4.70. The molecule has 90 valence electrons. The highest BCUT2D eigenvalue weighted by Gasteiger charge is 2.05. The van der Waals surface area contributed by atoms with Crippen molar-refractivity contribution in [3.8, 4) is 0 Å². The van der Waals surface area contributed by atoms with Gasteiger partial charge >= 0.3 is 0 Å². The van der Waals surface area contributed by atoms with Crippen molar-refractivity contribution in [1.82, 2.24) is 15.3 Å². The zero-order valence-corrected chi connectivity index (χ0v) is 10.00. The van der Waals surface area contributed by atoms with Gasteiger partial charge in [0, 0.05) is 24.5 Å². The number of halogens is 1. The molecule has 2 aromatic rings. The molecule has 0 amide bonds. The molecule has 1 aromatic heterocycles. The number of aromatic amines is 1. The van der Waals surface area contributed by atoms with Crippen molar-refractivity contribution in [2.75, 3.05) is 0 Å². The van der Waals surface area contributed by atoms with Gasteiger partial charge in [0.05, 0.1) is 0 Å². The molecule has 0 unspecified atom stereocenters. The Labute approximate surface area is 100 Å². The predicted octanol–water partition coefficient (Wildman–Crippen LogP) is 2.71. The molecule has 2 rings (SSSR count). The second kappa shape index (κ2) is 5.10. The summed E-state index contributed by atoms with van der Waals surface area (Å²) in [6, 6.07) is 6.73. The van der Waals surface area contributed by atoms with Crippen LogP contribution in [0.3, 0.4) is 0 Å². The first-order valence-corrected chi connectivity index (χ1v) is 5.64. The van der Waals surface area contributed by atoms with Crippen molar-refractivity contribution in [3.63, 3.8) is 0 Å². The standard InChI is InChI=1S/C13H16FN3/c1-9(11-3-5-12(14)6-4-11)15-7-13-8-16-10(2)17-13/h3-6,8-9,15H,7H2,1-2H3,(H,16,17)/t9-/m0/s1. The summed E-state index contributed by atoms with van der Waals surface area (Å²) in [7, 11) is 0. The first kappa shape index (κ1) is 11.8. The summed E-state index contributed by atoms with van der Waals surface area (Å²) < 4.78 is 12.8. The number of hydrogen-bond acceptors (Lipinski definition) is 2. The topological polar surface area (TPSA) is 40.7 Å². The van der Waals surface area contributed by atoms with Crippen molar-refractivity contribution in [3.05, 3.63) is 53.4 Å². The average molecular weight is 233 g/mol. The average Bonchev–Trinajstić information content (AvgIpc) is 2.73. The van der Waals surface area contributed by atoms with Crippen LogP contribution < -0.4 is 5.32 Å². The Morgan fingerprint density at radius 1 is 1.35 bits per heavy atom. The lowest BCUT2D eigenvalue weighted by molar-refractivity contribution is 0.565. The molecule has 1 atom stereocenters. The Balaban J connectivity index is 1.93. The summed E-state index contributed by atoms with van der Waals surface area (Å²) in [4.78, 5) is 7.29. The van der Waals surface area contributed by atoms with Crippen LogP contribution in [0.4, 0.5) is 4.39 Å². The van der Waals surface area contributed by atoms with Crippen LogP contribution in [0.2, 0.25) is 0 Å². The van der Waals surface area contributed by atoms with E-state index in [0.717, 1.165) is 23.6 Å². The molecule has 0 spiro atoms.